The quantitative estimate of drug-likeness (QED) is 0.880. The van der Waals surface area contributed by atoms with E-state index in [2.05, 4.69) is 42.6 Å². The van der Waals surface area contributed by atoms with Crippen molar-refractivity contribution in [2.75, 3.05) is 13.1 Å². The molecule has 18 heavy (non-hydrogen) atoms. The molecule has 0 aromatic heterocycles. The van der Waals surface area contributed by atoms with Crippen molar-refractivity contribution in [3.05, 3.63) is 35.9 Å². The summed E-state index contributed by atoms with van der Waals surface area (Å²) in [6.07, 6.45) is 5.86. The van der Waals surface area contributed by atoms with Crippen LogP contribution in [0.1, 0.15) is 31.7 Å². The number of ether oxygens (including phenoxy) is 1. The Balaban J connectivity index is 1.63. The van der Waals surface area contributed by atoms with Crippen LogP contribution in [-0.2, 0) is 11.2 Å². The SMILES string of the molecule is CC1CCC(CC2(Cc3ccccc3)CNC2)O1. The molecule has 98 valence electrons. The number of nitrogens with one attached hydrogen (secondary N) is 1. The maximum absolute atomic E-state index is 6.00. The first-order valence-corrected chi connectivity index (χ1v) is 7.16. The second kappa shape index (κ2) is 5.02. The van der Waals surface area contributed by atoms with E-state index in [-0.39, 0.29) is 0 Å². The summed E-state index contributed by atoms with van der Waals surface area (Å²) in [6, 6.07) is 10.9. The molecule has 2 unspecified atom stereocenters. The Morgan fingerprint density at radius 3 is 2.56 bits per heavy atom. The number of hydrogen-bond acceptors (Lipinski definition) is 2. The van der Waals surface area contributed by atoms with E-state index >= 15 is 0 Å². The van der Waals surface area contributed by atoms with Gasteiger partial charge in [-0.1, -0.05) is 30.3 Å². The molecule has 2 aliphatic heterocycles. The van der Waals surface area contributed by atoms with E-state index in [0.29, 0.717) is 17.6 Å². The monoisotopic (exact) mass is 245 g/mol. The Morgan fingerprint density at radius 2 is 2.00 bits per heavy atom. The third-order valence-electron chi connectivity index (χ3n) is 4.40. The molecular weight excluding hydrogens is 222 g/mol. The molecule has 0 amide bonds. The summed E-state index contributed by atoms with van der Waals surface area (Å²) in [6.45, 7) is 4.50. The maximum atomic E-state index is 6.00. The minimum atomic E-state index is 0.441. The minimum absolute atomic E-state index is 0.441. The van der Waals surface area contributed by atoms with E-state index in [0.717, 1.165) is 13.1 Å². The first-order chi connectivity index (χ1) is 8.76. The topological polar surface area (TPSA) is 21.3 Å². The normalized spacial score (nSPS) is 30.1. The van der Waals surface area contributed by atoms with Crippen molar-refractivity contribution in [2.24, 2.45) is 5.41 Å². The molecule has 2 fully saturated rings. The molecular formula is C16H23NO. The van der Waals surface area contributed by atoms with Crippen LogP contribution >= 0.6 is 0 Å². The third kappa shape index (κ3) is 2.60. The van der Waals surface area contributed by atoms with Gasteiger partial charge in [-0.2, -0.15) is 0 Å². The van der Waals surface area contributed by atoms with Crippen LogP contribution in [0.15, 0.2) is 30.3 Å². The predicted molar refractivity (Wildman–Crippen MR) is 73.6 cm³/mol. The number of rotatable bonds is 4. The van der Waals surface area contributed by atoms with Gasteiger partial charge in [0.25, 0.3) is 0 Å². The van der Waals surface area contributed by atoms with E-state index in [1.165, 1.54) is 31.2 Å². The first kappa shape index (κ1) is 12.2. The van der Waals surface area contributed by atoms with Crippen molar-refractivity contribution in [3.63, 3.8) is 0 Å². The lowest BCUT2D eigenvalue weighted by Crippen LogP contribution is -2.56. The minimum Gasteiger partial charge on any atom is -0.375 e. The zero-order valence-corrected chi connectivity index (χ0v) is 11.2. The zero-order chi connectivity index (χ0) is 12.4. The number of hydrogen-bond donors (Lipinski definition) is 1. The predicted octanol–water partition coefficient (Wildman–Crippen LogP) is 2.78. The van der Waals surface area contributed by atoms with Crippen LogP contribution in [0.4, 0.5) is 0 Å². The fourth-order valence-electron chi connectivity index (χ4n) is 3.37. The van der Waals surface area contributed by atoms with Gasteiger partial charge in [-0.15, -0.1) is 0 Å². The lowest BCUT2D eigenvalue weighted by molar-refractivity contribution is 0.00563. The molecule has 2 atom stereocenters. The van der Waals surface area contributed by atoms with Gasteiger partial charge in [0, 0.05) is 18.5 Å². The van der Waals surface area contributed by atoms with Gasteiger partial charge in [0.1, 0.15) is 0 Å². The molecule has 3 rings (SSSR count). The van der Waals surface area contributed by atoms with Crippen molar-refractivity contribution in [3.8, 4) is 0 Å². The highest BCUT2D eigenvalue weighted by molar-refractivity contribution is 5.18. The van der Waals surface area contributed by atoms with Gasteiger partial charge in [-0.3, -0.25) is 0 Å². The van der Waals surface area contributed by atoms with Crippen molar-refractivity contribution < 1.29 is 4.74 Å². The van der Waals surface area contributed by atoms with Gasteiger partial charge in [-0.25, -0.2) is 0 Å². The highest BCUT2D eigenvalue weighted by Crippen LogP contribution is 2.37. The van der Waals surface area contributed by atoms with E-state index in [1.807, 2.05) is 0 Å². The third-order valence-corrected chi connectivity index (χ3v) is 4.40. The van der Waals surface area contributed by atoms with Crippen LogP contribution in [0.3, 0.4) is 0 Å². The zero-order valence-electron chi connectivity index (χ0n) is 11.2. The Hall–Kier alpha value is -0.860. The highest BCUT2D eigenvalue weighted by Gasteiger charge is 2.40. The first-order valence-electron chi connectivity index (χ1n) is 7.16. The lowest BCUT2D eigenvalue weighted by atomic mass is 9.72. The van der Waals surface area contributed by atoms with Crippen molar-refractivity contribution >= 4 is 0 Å². The average molecular weight is 245 g/mol. The van der Waals surface area contributed by atoms with Gasteiger partial charge in [0.05, 0.1) is 12.2 Å². The maximum Gasteiger partial charge on any atom is 0.0586 e. The Bertz CT molecular complexity index is 385. The van der Waals surface area contributed by atoms with Gasteiger partial charge >= 0.3 is 0 Å². The second-order valence-corrected chi connectivity index (χ2v) is 6.12. The fraction of sp³-hybridized carbons (Fsp3) is 0.625. The second-order valence-electron chi connectivity index (χ2n) is 6.12. The molecule has 1 N–H and O–H groups in total. The van der Waals surface area contributed by atoms with Gasteiger partial charge < -0.3 is 10.1 Å². The van der Waals surface area contributed by atoms with Crippen LogP contribution in [-0.4, -0.2) is 25.3 Å². The smallest absolute Gasteiger partial charge is 0.0586 e. The molecule has 2 saturated heterocycles. The van der Waals surface area contributed by atoms with Crippen LogP contribution in [0, 0.1) is 5.41 Å². The molecule has 0 aliphatic carbocycles. The molecule has 0 bridgehead atoms. The van der Waals surface area contributed by atoms with Gasteiger partial charge in [-0.05, 0) is 38.2 Å². The Morgan fingerprint density at radius 1 is 1.22 bits per heavy atom. The van der Waals surface area contributed by atoms with E-state index in [1.54, 1.807) is 0 Å². The molecule has 0 saturated carbocycles. The molecule has 1 aromatic carbocycles. The molecule has 1 aromatic rings. The summed E-state index contributed by atoms with van der Waals surface area (Å²) < 4.78 is 6.00. The molecule has 2 heterocycles. The molecule has 2 aliphatic rings. The summed E-state index contributed by atoms with van der Waals surface area (Å²) >= 11 is 0. The van der Waals surface area contributed by atoms with Crippen LogP contribution < -0.4 is 5.32 Å². The van der Waals surface area contributed by atoms with Gasteiger partial charge in [0.2, 0.25) is 0 Å². The van der Waals surface area contributed by atoms with Crippen molar-refractivity contribution in [2.45, 2.75) is 44.8 Å². The van der Waals surface area contributed by atoms with Crippen LogP contribution in [0.2, 0.25) is 0 Å². The Kier molecular flexibility index (Phi) is 3.40. The van der Waals surface area contributed by atoms with Crippen molar-refractivity contribution in [1.82, 2.24) is 5.32 Å². The largest absolute Gasteiger partial charge is 0.375 e. The average Bonchev–Trinajstić information content (AvgIpc) is 2.73. The van der Waals surface area contributed by atoms with Crippen LogP contribution in [0.25, 0.3) is 0 Å². The summed E-state index contributed by atoms with van der Waals surface area (Å²) in [4.78, 5) is 0. The summed E-state index contributed by atoms with van der Waals surface area (Å²) in [5.74, 6) is 0. The molecule has 2 nitrogen and oxygen atoms in total. The van der Waals surface area contributed by atoms with Crippen molar-refractivity contribution in [1.29, 1.82) is 0 Å². The summed E-state index contributed by atoms with van der Waals surface area (Å²) in [7, 11) is 0. The van der Waals surface area contributed by atoms with E-state index in [4.69, 9.17) is 4.74 Å². The number of benzene rings is 1. The van der Waals surface area contributed by atoms with E-state index < -0.39 is 0 Å². The van der Waals surface area contributed by atoms with Gasteiger partial charge in [0.15, 0.2) is 0 Å². The molecule has 2 heteroatoms. The summed E-state index contributed by atoms with van der Waals surface area (Å²) in [5, 5.41) is 3.45. The Labute approximate surface area is 110 Å². The summed E-state index contributed by atoms with van der Waals surface area (Å²) in [5.41, 5.74) is 1.90. The fourth-order valence-corrected chi connectivity index (χ4v) is 3.37. The molecule has 0 spiro atoms. The molecule has 0 radical (unpaired) electrons. The highest BCUT2D eigenvalue weighted by atomic mass is 16.5. The standard InChI is InChI=1S/C16H23NO/c1-13-7-8-15(18-13)10-16(11-17-12-16)9-14-5-3-2-4-6-14/h2-6,13,15,17H,7-12H2,1H3. The van der Waals surface area contributed by atoms with E-state index in [9.17, 15) is 0 Å². The lowest BCUT2D eigenvalue weighted by Gasteiger charge is -2.44. The van der Waals surface area contributed by atoms with Crippen LogP contribution in [0.5, 0.6) is 0 Å².